The Morgan fingerprint density at radius 1 is 1.25 bits per heavy atom. The first-order valence-electron chi connectivity index (χ1n) is 8.75. The van der Waals surface area contributed by atoms with Gasteiger partial charge in [0.25, 0.3) is 5.91 Å². The van der Waals surface area contributed by atoms with Gasteiger partial charge in [-0.05, 0) is 30.3 Å². The van der Waals surface area contributed by atoms with E-state index in [1.165, 1.54) is 15.9 Å². The average molecular weight is 401 g/mol. The van der Waals surface area contributed by atoms with Crippen LogP contribution in [-0.2, 0) is 0 Å². The van der Waals surface area contributed by atoms with Gasteiger partial charge in [0.15, 0.2) is 10.9 Å². The summed E-state index contributed by atoms with van der Waals surface area (Å²) < 4.78 is 27.9. The number of anilines is 1. The van der Waals surface area contributed by atoms with Crippen molar-refractivity contribution < 1.29 is 18.5 Å². The van der Waals surface area contributed by atoms with Crippen LogP contribution in [0.5, 0.6) is 0 Å². The number of fused-ring (bicyclic) bond motifs is 1. The Balaban J connectivity index is 1.97. The molecule has 3 aromatic rings. The van der Waals surface area contributed by atoms with Crippen molar-refractivity contribution in [3.05, 3.63) is 59.2 Å². The van der Waals surface area contributed by atoms with Gasteiger partial charge in [-0.25, -0.2) is 13.8 Å². The summed E-state index contributed by atoms with van der Waals surface area (Å²) in [5.41, 5.74) is 0.913. The van der Waals surface area contributed by atoms with Gasteiger partial charge in [0, 0.05) is 24.6 Å². The van der Waals surface area contributed by atoms with E-state index in [-0.39, 0.29) is 11.4 Å². The third kappa shape index (κ3) is 4.32. The van der Waals surface area contributed by atoms with Crippen LogP contribution < -0.4 is 9.80 Å². The number of aromatic nitrogens is 1. The Labute approximate surface area is 165 Å². The van der Waals surface area contributed by atoms with Crippen molar-refractivity contribution in [2.24, 2.45) is 0 Å². The standard InChI is InChI=1S/C20H18F2N4OS/c1-25(2)8-3-9-26(19(27)14-6-4-13(12-23)5-7-14)20-24-18-16(22)10-15(21)11-17(18)28-20/h4-7,10-11H,3,8-9H2,1-2H3/p+1. The van der Waals surface area contributed by atoms with Gasteiger partial charge in [0.1, 0.15) is 11.3 Å². The lowest BCUT2D eigenvalue weighted by atomic mass is 10.1. The molecule has 8 heteroatoms. The molecule has 0 saturated heterocycles. The summed E-state index contributed by atoms with van der Waals surface area (Å²) in [7, 11) is 4.03. The average Bonchev–Trinajstić information content (AvgIpc) is 3.08. The first-order valence-corrected chi connectivity index (χ1v) is 9.57. The molecule has 0 saturated carbocycles. The van der Waals surface area contributed by atoms with E-state index in [1.807, 2.05) is 20.2 Å². The van der Waals surface area contributed by atoms with E-state index in [1.54, 1.807) is 24.3 Å². The number of nitrogens with one attached hydrogen (secondary N) is 1. The Morgan fingerprint density at radius 2 is 1.96 bits per heavy atom. The van der Waals surface area contributed by atoms with E-state index in [0.29, 0.717) is 27.5 Å². The Bertz CT molecular complexity index is 1040. The van der Waals surface area contributed by atoms with Gasteiger partial charge in [0.05, 0.1) is 37.0 Å². The Kier molecular flexibility index (Phi) is 5.97. The molecule has 0 aliphatic heterocycles. The van der Waals surface area contributed by atoms with Crippen molar-refractivity contribution >= 4 is 32.6 Å². The van der Waals surface area contributed by atoms with Crippen molar-refractivity contribution in [3.8, 4) is 6.07 Å². The highest BCUT2D eigenvalue weighted by molar-refractivity contribution is 7.22. The van der Waals surface area contributed by atoms with Crippen LogP contribution in [0, 0.1) is 23.0 Å². The first kappa shape index (κ1) is 19.9. The number of carbonyl (C=O) groups excluding carboxylic acids is 1. The van der Waals surface area contributed by atoms with Crippen molar-refractivity contribution in [1.82, 2.24) is 4.98 Å². The fraction of sp³-hybridized carbons (Fsp3) is 0.250. The highest BCUT2D eigenvalue weighted by atomic mass is 32.1. The number of amides is 1. The normalized spacial score (nSPS) is 11.0. The van der Waals surface area contributed by atoms with Crippen molar-refractivity contribution in [1.29, 1.82) is 5.26 Å². The molecular weight excluding hydrogens is 382 g/mol. The maximum Gasteiger partial charge on any atom is 0.260 e. The summed E-state index contributed by atoms with van der Waals surface area (Å²) in [4.78, 5) is 20.1. The molecule has 0 bridgehead atoms. The van der Waals surface area contributed by atoms with Gasteiger partial charge in [-0.2, -0.15) is 5.26 Å². The lowest BCUT2D eigenvalue weighted by molar-refractivity contribution is -0.858. The van der Waals surface area contributed by atoms with Crippen molar-refractivity contribution in [2.75, 3.05) is 32.1 Å². The number of carbonyl (C=O) groups is 1. The van der Waals surface area contributed by atoms with Crippen LogP contribution in [0.1, 0.15) is 22.3 Å². The molecule has 3 rings (SSSR count). The predicted octanol–water partition coefficient (Wildman–Crippen LogP) is 2.63. The minimum atomic E-state index is -0.749. The number of quaternary nitrogens is 1. The van der Waals surface area contributed by atoms with Gasteiger partial charge in [-0.3, -0.25) is 9.69 Å². The Morgan fingerprint density at radius 3 is 2.61 bits per heavy atom. The molecule has 0 aliphatic rings. The van der Waals surface area contributed by atoms with Crippen molar-refractivity contribution in [3.63, 3.8) is 0 Å². The largest absolute Gasteiger partial charge is 0.340 e. The predicted molar refractivity (Wildman–Crippen MR) is 105 cm³/mol. The maximum absolute atomic E-state index is 14.1. The van der Waals surface area contributed by atoms with E-state index >= 15 is 0 Å². The summed E-state index contributed by atoms with van der Waals surface area (Å²) >= 11 is 1.08. The molecule has 5 nitrogen and oxygen atoms in total. The van der Waals surface area contributed by atoms with Crippen LogP contribution in [0.2, 0.25) is 0 Å². The monoisotopic (exact) mass is 401 g/mol. The Hall–Kier alpha value is -2.89. The molecule has 0 aliphatic carbocycles. The lowest BCUT2D eigenvalue weighted by Crippen LogP contribution is -3.05. The van der Waals surface area contributed by atoms with Gasteiger partial charge in [-0.15, -0.1) is 0 Å². The smallest absolute Gasteiger partial charge is 0.260 e. The van der Waals surface area contributed by atoms with Crippen LogP contribution in [0.15, 0.2) is 36.4 Å². The van der Waals surface area contributed by atoms with Gasteiger partial charge < -0.3 is 4.90 Å². The molecule has 1 amide bonds. The van der Waals surface area contributed by atoms with Crippen LogP contribution >= 0.6 is 11.3 Å². The maximum atomic E-state index is 14.1. The van der Waals surface area contributed by atoms with Crippen LogP contribution in [0.4, 0.5) is 13.9 Å². The number of hydrogen-bond donors (Lipinski definition) is 1. The molecular formula is C20H19F2N4OS+. The topological polar surface area (TPSA) is 61.4 Å². The number of thiazole rings is 1. The summed E-state index contributed by atoms with van der Waals surface area (Å²) in [6.07, 6.45) is 0.719. The second kappa shape index (κ2) is 8.42. The molecule has 0 atom stereocenters. The first-order chi connectivity index (χ1) is 13.4. The molecule has 0 spiro atoms. The van der Waals surface area contributed by atoms with Crippen LogP contribution in [0.3, 0.4) is 0 Å². The summed E-state index contributed by atoms with van der Waals surface area (Å²) in [5.74, 6) is -1.72. The van der Waals surface area contributed by atoms with Crippen LogP contribution in [-0.4, -0.2) is 38.1 Å². The third-order valence-corrected chi connectivity index (χ3v) is 5.22. The van der Waals surface area contributed by atoms with Gasteiger partial charge in [0.2, 0.25) is 0 Å². The number of nitriles is 1. The lowest BCUT2D eigenvalue weighted by Gasteiger charge is -2.20. The number of rotatable bonds is 6. The van der Waals surface area contributed by atoms with E-state index < -0.39 is 11.6 Å². The van der Waals surface area contributed by atoms with E-state index in [9.17, 15) is 13.6 Å². The third-order valence-electron chi connectivity index (χ3n) is 4.20. The molecule has 0 fully saturated rings. The number of nitrogens with zero attached hydrogens (tertiary/aromatic N) is 3. The summed E-state index contributed by atoms with van der Waals surface area (Å²) in [5, 5.41) is 9.25. The fourth-order valence-electron chi connectivity index (χ4n) is 2.78. The van der Waals surface area contributed by atoms with Crippen LogP contribution in [0.25, 0.3) is 10.2 Å². The molecule has 144 valence electrons. The zero-order chi connectivity index (χ0) is 20.3. The molecule has 28 heavy (non-hydrogen) atoms. The SMILES string of the molecule is C[NH+](C)CCCN(C(=O)c1ccc(C#N)cc1)c1nc2c(F)cc(F)cc2s1. The quantitative estimate of drug-likeness (QED) is 0.691. The van der Waals surface area contributed by atoms with E-state index in [0.717, 1.165) is 30.4 Å². The zero-order valence-corrected chi connectivity index (χ0v) is 16.3. The molecule has 1 aromatic heterocycles. The molecule has 0 unspecified atom stereocenters. The molecule has 0 radical (unpaired) electrons. The second-order valence-electron chi connectivity index (χ2n) is 6.69. The molecule has 1 N–H and O–H groups in total. The second-order valence-corrected chi connectivity index (χ2v) is 7.70. The zero-order valence-electron chi connectivity index (χ0n) is 15.5. The van der Waals surface area contributed by atoms with Crippen molar-refractivity contribution in [2.45, 2.75) is 6.42 Å². The number of benzene rings is 2. The molecule has 2 aromatic carbocycles. The summed E-state index contributed by atoms with van der Waals surface area (Å²) in [6, 6.07) is 10.3. The minimum Gasteiger partial charge on any atom is -0.340 e. The minimum absolute atomic E-state index is 0.0530. The van der Waals surface area contributed by atoms with Gasteiger partial charge >= 0.3 is 0 Å². The van der Waals surface area contributed by atoms with E-state index in [4.69, 9.17) is 5.26 Å². The highest BCUT2D eigenvalue weighted by Gasteiger charge is 2.22. The summed E-state index contributed by atoms with van der Waals surface area (Å²) in [6.45, 7) is 1.24. The highest BCUT2D eigenvalue weighted by Crippen LogP contribution is 2.32. The number of hydrogen-bond acceptors (Lipinski definition) is 4. The molecule has 1 heterocycles. The van der Waals surface area contributed by atoms with Gasteiger partial charge in [-0.1, -0.05) is 11.3 Å². The van der Waals surface area contributed by atoms with E-state index in [2.05, 4.69) is 4.98 Å². The fourth-order valence-corrected chi connectivity index (χ4v) is 3.81. The number of halogens is 2.